The van der Waals surface area contributed by atoms with E-state index >= 15 is 0 Å². The second-order valence-electron chi connectivity index (χ2n) is 6.67. The largest absolute Gasteiger partial charge is 0.492 e. The predicted octanol–water partition coefficient (Wildman–Crippen LogP) is 3.36. The Morgan fingerprint density at radius 2 is 1.89 bits per heavy atom. The van der Waals surface area contributed by atoms with Crippen molar-refractivity contribution in [3.8, 4) is 5.75 Å². The first-order valence-corrected chi connectivity index (χ1v) is 10.0. The molecule has 1 aliphatic heterocycles. The molecule has 1 aliphatic rings. The van der Waals surface area contributed by atoms with E-state index in [2.05, 4.69) is 30.8 Å². The highest BCUT2D eigenvalue weighted by molar-refractivity contribution is 9.10. The highest BCUT2D eigenvalue weighted by atomic mass is 79.9. The number of carbonyl (C=O) groups excluding carboxylic acids is 1. The zero-order chi connectivity index (χ0) is 19.2. The third-order valence-corrected chi connectivity index (χ3v) is 5.19. The molecule has 7 heteroatoms. The van der Waals surface area contributed by atoms with Crippen LogP contribution in [0.3, 0.4) is 0 Å². The van der Waals surface area contributed by atoms with Gasteiger partial charge in [0.15, 0.2) is 0 Å². The Kier molecular flexibility index (Phi) is 6.66. The van der Waals surface area contributed by atoms with Crippen molar-refractivity contribution in [2.75, 3.05) is 37.7 Å². The number of anilines is 1. The number of nitrogens with zero attached hydrogens (tertiary/aromatic N) is 4. The van der Waals surface area contributed by atoms with Crippen molar-refractivity contribution in [2.24, 2.45) is 0 Å². The van der Waals surface area contributed by atoms with Crippen LogP contribution >= 0.6 is 15.9 Å². The molecule has 0 spiro atoms. The number of rotatable bonds is 6. The van der Waals surface area contributed by atoms with Crippen LogP contribution in [0.15, 0.2) is 34.8 Å². The van der Waals surface area contributed by atoms with Gasteiger partial charge in [0.25, 0.3) is 0 Å². The van der Waals surface area contributed by atoms with Gasteiger partial charge in [-0.15, -0.1) is 0 Å². The van der Waals surface area contributed by atoms with Crippen LogP contribution in [0.4, 0.5) is 5.82 Å². The standard InChI is InChI=1S/C20H25BrN4O2/c1-15-14-19(23-16(2)22-15)24-9-11-25(12-10-24)20(26)8-5-13-27-18-7-4-3-6-17(18)21/h3-4,6-7,14H,5,8-13H2,1-2H3. The van der Waals surface area contributed by atoms with Gasteiger partial charge in [0.1, 0.15) is 17.4 Å². The minimum atomic E-state index is 0.195. The fourth-order valence-corrected chi connectivity index (χ4v) is 3.57. The van der Waals surface area contributed by atoms with Crippen molar-refractivity contribution in [2.45, 2.75) is 26.7 Å². The van der Waals surface area contributed by atoms with Gasteiger partial charge >= 0.3 is 0 Å². The van der Waals surface area contributed by atoms with Crippen LogP contribution in [0.2, 0.25) is 0 Å². The molecule has 144 valence electrons. The second kappa shape index (κ2) is 9.17. The molecular weight excluding hydrogens is 408 g/mol. The summed E-state index contributed by atoms with van der Waals surface area (Å²) in [6.07, 6.45) is 1.22. The van der Waals surface area contributed by atoms with Crippen LogP contribution in [-0.4, -0.2) is 53.6 Å². The molecule has 1 aromatic heterocycles. The number of ether oxygens (including phenoxy) is 1. The van der Waals surface area contributed by atoms with Crippen LogP contribution in [0.1, 0.15) is 24.4 Å². The monoisotopic (exact) mass is 432 g/mol. The number of benzene rings is 1. The van der Waals surface area contributed by atoms with Gasteiger partial charge in [0, 0.05) is 44.4 Å². The second-order valence-corrected chi connectivity index (χ2v) is 7.52. The SMILES string of the molecule is Cc1cc(N2CCN(C(=O)CCCOc3ccccc3Br)CC2)nc(C)n1. The quantitative estimate of drug-likeness (QED) is 0.654. The minimum Gasteiger partial charge on any atom is -0.492 e. The first-order valence-electron chi connectivity index (χ1n) is 9.25. The molecule has 1 fully saturated rings. The smallest absolute Gasteiger partial charge is 0.222 e. The van der Waals surface area contributed by atoms with Gasteiger partial charge in [-0.3, -0.25) is 4.79 Å². The van der Waals surface area contributed by atoms with Gasteiger partial charge in [-0.2, -0.15) is 0 Å². The minimum absolute atomic E-state index is 0.195. The molecule has 0 radical (unpaired) electrons. The fourth-order valence-electron chi connectivity index (χ4n) is 3.17. The summed E-state index contributed by atoms with van der Waals surface area (Å²) in [5.74, 6) is 2.75. The van der Waals surface area contributed by atoms with Crippen LogP contribution in [-0.2, 0) is 4.79 Å². The van der Waals surface area contributed by atoms with E-state index in [-0.39, 0.29) is 5.91 Å². The zero-order valence-electron chi connectivity index (χ0n) is 15.8. The highest BCUT2D eigenvalue weighted by Gasteiger charge is 2.22. The molecule has 0 bridgehead atoms. The number of aromatic nitrogens is 2. The molecule has 0 atom stereocenters. The Hall–Kier alpha value is -2.15. The Balaban J connectivity index is 1.41. The molecule has 3 rings (SSSR count). The number of amides is 1. The average molecular weight is 433 g/mol. The predicted molar refractivity (Wildman–Crippen MR) is 109 cm³/mol. The Morgan fingerprint density at radius 3 is 2.59 bits per heavy atom. The lowest BCUT2D eigenvalue weighted by atomic mass is 10.2. The Labute approximate surface area is 168 Å². The normalized spacial score (nSPS) is 14.3. The van der Waals surface area contributed by atoms with Crippen molar-refractivity contribution in [3.63, 3.8) is 0 Å². The van der Waals surface area contributed by atoms with Gasteiger partial charge in [0.05, 0.1) is 11.1 Å². The van der Waals surface area contributed by atoms with E-state index in [4.69, 9.17) is 4.74 Å². The van der Waals surface area contributed by atoms with Crippen molar-refractivity contribution in [3.05, 3.63) is 46.3 Å². The maximum Gasteiger partial charge on any atom is 0.222 e. The van der Waals surface area contributed by atoms with Gasteiger partial charge in [-0.05, 0) is 48.3 Å². The van der Waals surface area contributed by atoms with Crippen molar-refractivity contribution < 1.29 is 9.53 Å². The summed E-state index contributed by atoms with van der Waals surface area (Å²) in [6.45, 7) is 7.48. The number of hydrogen-bond donors (Lipinski definition) is 0. The molecule has 0 N–H and O–H groups in total. The molecule has 2 aromatic rings. The van der Waals surface area contributed by atoms with Crippen LogP contribution in [0.25, 0.3) is 0 Å². The number of halogens is 1. The average Bonchev–Trinajstić information content (AvgIpc) is 2.66. The van der Waals surface area contributed by atoms with E-state index in [0.717, 1.165) is 53.7 Å². The van der Waals surface area contributed by atoms with Crippen LogP contribution < -0.4 is 9.64 Å². The van der Waals surface area contributed by atoms with Crippen molar-refractivity contribution in [1.82, 2.24) is 14.9 Å². The molecule has 0 unspecified atom stereocenters. The van der Waals surface area contributed by atoms with E-state index in [0.29, 0.717) is 19.4 Å². The number of aryl methyl sites for hydroxylation is 2. The first kappa shape index (κ1) is 19.6. The van der Waals surface area contributed by atoms with E-state index in [1.165, 1.54) is 0 Å². The summed E-state index contributed by atoms with van der Waals surface area (Å²) in [7, 11) is 0. The van der Waals surface area contributed by atoms with E-state index in [1.807, 2.05) is 49.1 Å². The molecule has 2 heterocycles. The maximum atomic E-state index is 12.4. The molecule has 1 saturated heterocycles. The molecule has 6 nitrogen and oxygen atoms in total. The summed E-state index contributed by atoms with van der Waals surface area (Å²) < 4.78 is 6.66. The third kappa shape index (κ3) is 5.42. The summed E-state index contributed by atoms with van der Waals surface area (Å²) in [6, 6.07) is 9.75. The lowest BCUT2D eigenvalue weighted by molar-refractivity contribution is -0.131. The number of para-hydroxylation sites is 1. The molecular formula is C20H25BrN4O2. The molecule has 27 heavy (non-hydrogen) atoms. The van der Waals surface area contributed by atoms with Gasteiger partial charge < -0.3 is 14.5 Å². The van der Waals surface area contributed by atoms with Gasteiger partial charge in [-0.1, -0.05) is 12.1 Å². The van der Waals surface area contributed by atoms with Gasteiger partial charge in [0.2, 0.25) is 5.91 Å². The highest BCUT2D eigenvalue weighted by Crippen LogP contribution is 2.24. The van der Waals surface area contributed by atoms with Crippen LogP contribution in [0.5, 0.6) is 5.75 Å². The van der Waals surface area contributed by atoms with E-state index < -0.39 is 0 Å². The number of carbonyl (C=O) groups is 1. The van der Waals surface area contributed by atoms with Crippen LogP contribution in [0, 0.1) is 13.8 Å². The Bertz CT molecular complexity index is 771. The molecule has 1 amide bonds. The summed E-state index contributed by atoms with van der Waals surface area (Å²) in [4.78, 5) is 25.4. The van der Waals surface area contributed by atoms with E-state index in [1.54, 1.807) is 0 Å². The first-order chi connectivity index (χ1) is 13.0. The lowest BCUT2D eigenvalue weighted by Crippen LogP contribution is -2.49. The maximum absolute atomic E-state index is 12.4. The molecule has 0 aliphatic carbocycles. The third-order valence-electron chi connectivity index (χ3n) is 4.54. The summed E-state index contributed by atoms with van der Waals surface area (Å²) >= 11 is 3.46. The lowest BCUT2D eigenvalue weighted by Gasteiger charge is -2.35. The van der Waals surface area contributed by atoms with E-state index in [9.17, 15) is 4.79 Å². The topological polar surface area (TPSA) is 58.6 Å². The summed E-state index contributed by atoms with van der Waals surface area (Å²) in [5, 5.41) is 0. The van der Waals surface area contributed by atoms with Crippen molar-refractivity contribution in [1.29, 1.82) is 0 Å². The molecule has 0 saturated carbocycles. The molecule has 1 aromatic carbocycles. The fraction of sp³-hybridized carbons (Fsp3) is 0.450. The van der Waals surface area contributed by atoms with Gasteiger partial charge in [-0.25, -0.2) is 9.97 Å². The van der Waals surface area contributed by atoms with Crippen molar-refractivity contribution >= 4 is 27.7 Å². The zero-order valence-corrected chi connectivity index (χ0v) is 17.4. The number of hydrogen-bond acceptors (Lipinski definition) is 5. The number of piperazine rings is 1. The summed E-state index contributed by atoms with van der Waals surface area (Å²) in [5.41, 5.74) is 0.973. The Morgan fingerprint density at radius 1 is 1.15 bits per heavy atom.